The summed E-state index contributed by atoms with van der Waals surface area (Å²) in [6.45, 7) is 4.65. The lowest BCUT2D eigenvalue weighted by atomic mass is 10.3. The third-order valence-corrected chi connectivity index (χ3v) is 3.71. The monoisotopic (exact) mass is 296 g/mol. The van der Waals surface area contributed by atoms with Crippen LogP contribution < -0.4 is 10.6 Å². The largest absolute Gasteiger partial charge is 0.348 e. The van der Waals surface area contributed by atoms with Crippen molar-refractivity contribution in [2.24, 2.45) is 0 Å². The Morgan fingerprint density at radius 1 is 1.45 bits per heavy atom. The molecule has 1 heterocycles. The summed E-state index contributed by atoms with van der Waals surface area (Å²) in [5, 5.41) is 5.64. The van der Waals surface area contributed by atoms with Crippen LogP contribution in [0, 0.1) is 0 Å². The fourth-order valence-corrected chi connectivity index (χ4v) is 2.54. The van der Waals surface area contributed by atoms with E-state index in [1.165, 1.54) is 0 Å². The maximum atomic E-state index is 11.9. The van der Waals surface area contributed by atoms with Gasteiger partial charge in [-0.05, 0) is 32.2 Å². The third kappa shape index (κ3) is 4.13. The van der Waals surface area contributed by atoms with Crippen molar-refractivity contribution in [1.82, 2.24) is 5.32 Å². The second kappa shape index (κ2) is 6.47. The topological polar surface area (TPSA) is 59.6 Å². The molecule has 110 valence electrons. The molecule has 0 aliphatic carbocycles. The number of para-hydroxylation sites is 1. The molecule has 1 aliphatic rings. The zero-order valence-electron chi connectivity index (χ0n) is 11.9. The van der Waals surface area contributed by atoms with Crippen LogP contribution in [-0.4, -0.2) is 37.3 Å². The molecule has 5 nitrogen and oxygen atoms in total. The molecular weight excluding hydrogens is 276 g/mol. The molecule has 1 aromatic rings. The maximum Gasteiger partial charge on any atom is 0.319 e. The van der Waals surface area contributed by atoms with Gasteiger partial charge in [-0.3, -0.25) is 0 Å². The smallest absolute Gasteiger partial charge is 0.319 e. The number of rotatable bonds is 4. The van der Waals surface area contributed by atoms with Crippen molar-refractivity contribution in [3.05, 3.63) is 24.3 Å². The van der Waals surface area contributed by atoms with Crippen LogP contribution in [0.15, 0.2) is 29.2 Å². The molecule has 2 rings (SSSR count). The van der Waals surface area contributed by atoms with Crippen molar-refractivity contribution >= 4 is 23.5 Å². The Kier molecular flexibility index (Phi) is 4.91. The first-order valence-electron chi connectivity index (χ1n) is 6.50. The first kappa shape index (κ1) is 15.2. The molecule has 0 spiro atoms. The van der Waals surface area contributed by atoms with Crippen LogP contribution in [0.2, 0.25) is 0 Å². The number of amides is 2. The number of carbonyl (C=O) groups is 1. The summed E-state index contributed by atoms with van der Waals surface area (Å²) in [5.41, 5.74) is 0.807. The van der Waals surface area contributed by atoms with Gasteiger partial charge in [-0.15, -0.1) is 11.8 Å². The van der Waals surface area contributed by atoms with Gasteiger partial charge in [-0.2, -0.15) is 0 Å². The van der Waals surface area contributed by atoms with Crippen LogP contribution in [-0.2, 0) is 9.47 Å². The molecule has 0 radical (unpaired) electrons. The molecule has 1 fully saturated rings. The fraction of sp³-hybridized carbons (Fsp3) is 0.500. The van der Waals surface area contributed by atoms with E-state index in [4.69, 9.17) is 9.47 Å². The van der Waals surface area contributed by atoms with E-state index in [-0.39, 0.29) is 12.1 Å². The highest BCUT2D eigenvalue weighted by atomic mass is 32.2. The molecule has 6 heteroatoms. The van der Waals surface area contributed by atoms with E-state index in [0.29, 0.717) is 13.2 Å². The van der Waals surface area contributed by atoms with Crippen molar-refractivity contribution < 1.29 is 14.3 Å². The highest BCUT2D eigenvalue weighted by molar-refractivity contribution is 7.98. The minimum absolute atomic E-state index is 0.105. The van der Waals surface area contributed by atoms with E-state index in [9.17, 15) is 4.79 Å². The highest BCUT2D eigenvalue weighted by Crippen LogP contribution is 2.24. The number of ether oxygens (including phenoxy) is 2. The van der Waals surface area contributed by atoms with Crippen LogP contribution in [0.5, 0.6) is 0 Å². The summed E-state index contributed by atoms with van der Waals surface area (Å²) < 4.78 is 11.1. The van der Waals surface area contributed by atoms with Gasteiger partial charge in [0.1, 0.15) is 6.10 Å². The summed E-state index contributed by atoms with van der Waals surface area (Å²) in [7, 11) is 0. The Morgan fingerprint density at radius 2 is 2.20 bits per heavy atom. The van der Waals surface area contributed by atoms with Gasteiger partial charge in [-0.1, -0.05) is 12.1 Å². The van der Waals surface area contributed by atoms with E-state index >= 15 is 0 Å². The van der Waals surface area contributed by atoms with Gasteiger partial charge >= 0.3 is 6.03 Å². The average molecular weight is 296 g/mol. The Balaban J connectivity index is 1.81. The van der Waals surface area contributed by atoms with Crippen molar-refractivity contribution in [1.29, 1.82) is 0 Å². The summed E-state index contributed by atoms with van der Waals surface area (Å²) in [5.74, 6) is -0.561. The van der Waals surface area contributed by atoms with Gasteiger partial charge in [0.15, 0.2) is 5.79 Å². The summed E-state index contributed by atoms with van der Waals surface area (Å²) >= 11 is 1.59. The lowest BCUT2D eigenvalue weighted by Crippen LogP contribution is -2.37. The molecule has 2 N–H and O–H groups in total. The normalized spacial score (nSPS) is 20.6. The zero-order chi connectivity index (χ0) is 14.6. The van der Waals surface area contributed by atoms with Gasteiger partial charge in [0, 0.05) is 11.4 Å². The average Bonchev–Trinajstić information content (AvgIpc) is 2.77. The number of carbonyl (C=O) groups excluding carboxylic acids is 1. The van der Waals surface area contributed by atoms with Crippen molar-refractivity contribution in [3.63, 3.8) is 0 Å². The molecule has 2 amide bonds. The summed E-state index contributed by atoms with van der Waals surface area (Å²) in [4.78, 5) is 12.9. The predicted octanol–water partition coefficient (Wildman–Crippen LogP) is 2.68. The quantitative estimate of drug-likeness (QED) is 0.839. The number of hydrogen-bond acceptors (Lipinski definition) is 4. The Labute approximate surface area is 123 Å². The fourth-order valence-electron chi connectivity index (χ4n) is 1.98. The van der Waals surface area contributed by atoms with Crippen LogP contribution in [0.1, 0.15) is 13.8 Å². The molecule has 0 saturated carbocycles. The van der Waals surface area contributed by atoms with E-state index in [2.05, 4.69) is 10.6 Å². The lowest BCUT2D eigenvalue weighted by molar-refractivity contribution is -0.137. The SMILES string of the molecule is CSc1ccccc1NC(=O)NCC1COC(C)(C)O1. The van der Waals surface area contributed by atoms with Gasteiger partial charge in [0.05, 0.1) is 12.3 Å². The van der Waals surface area contributed by atoms with Crippen LogP contribution in [0.3, 0.4) is 0 Å². The van der Waals surface area contributed by atoms with Crippen molar-refractivity contribution in [2.45, 2.75) is 30.6 Å². The van der Waals surface area contributed by atoms with Gasteiger partial charge in [0.2, 0.25) is 0 Å². The standard InChI is InChI=1S/C14H20N2O3S/c1-14(2)18-9-10(19-14)8-15-13(17)16-11-6-4-5-7-12(11)20-3/h4-7,10H,8-9H2,1-3H3,(H2,15,16,17). The molecule has 1 aromatic carbocycles. The minimum Gasteiger partial charge on any atom is -0.348 e. The molecule has 0 aromatic heterocycles. The second-order valence-corrected chi connectivity index (χ2v) is 5.83. The summed E-state index contributed by atoms with van der Waals surface area (Å²) in [6.07, 6.45) is 1.87. The van der Waals surface area contributed by atoms with E-state index in [0.717, 1.165) is 10.6 Å². The first-order chi connectivity index (χ1) is 9.50. The van der Waals surface area contributed by atoms with Gasteiger partial charge < -0.3 is 20.1 Å². The number of hydrogen-bond donors (Lipinski definition) is 2. The van der Waals surface area contributed by atoms with Crippen LogP contribution in [0.4, 0.5) is 10.5 Å². The van der Waals surface area contributed by atoms with Crippen molar-refractivity contribution in [3.8, 4) is 0 Å². The third-order valence-electron chi connectivity index (χ3n) is 2.91. The molecule has 1 saturated heterocycles. The van der Waals surface area contributed by atoms with Gasteiger partial charge in [-0.25, -0.2) is 4.79 Å². The predicted molar refractivity (Wildman–Crippen MR) is 80.1 cm³/mol. The van der Waals surface area contributed by atoms with Crippen molar-refractivity contribution in [2.75, 3.05) is 24.7 Å². The second-order valence-electron chi connectivity index (χ2n) is 4.99. The summed E-state index contributed by atoms with van der Waals surface area (Å²) in [6, 6.07) is 7.45. The zero-order valence-corrected chi connectivity index (χ0v) is 12.8. The molecule has 1 aliphatic heterocycles. The number of benzene rings is 1. The van der Waals surface area contributed by atoms with Crippen LogP contribution >= 0.6 is 11.8 Å². The Bertz CT molecular complexity index is 479. The lowest BCUT2D eigenvalue weighted by Gasteiger charge is -2.17. The minimum atomic E-state index is -0.561. The first-order valence-corrected chi connectivity index (χ1v) is 7.72. The molecule has 1 atom stereocenters. The highest BCUT2D eigenvalue weighted by Gasteiger charge is 2.32. The molecule has 0 bridgehead atoms. The van der Waals surface area contributed by atoms with E-state index in [1.54, 1.807) is 11.8 Å². The number of urea groups is 1. The Hall–Kier alpha value is -1.24. The van der Waals surface area contributed by atoms with E-state index in [1.807, 2.05) is 44.4 Å². The number of nitrogens with one attached hydrogen (secondary N) is 2. The molecule has 20 heavy (non-hydrogen) atoms. The maximum absolute atomic E-state index is 11.9. The molecule has 1 unspecified atom stereocenters. The Morgan fingerprint density at radius 3 is 2.85 bits per heavy atom. The van der Waals surface area contributed by atoms with Crippen LogP contribution in [0.25, 0.3) is 0 Å². The van der Waals surface area contributed by atoms with Gasteiger partial charge in [0.25, 0.3) is 0 Å². The molecular formula is C14H20N2O3S. The number of anilines is 1. The number of thioether (sulfide) groups is 1. The van der Waals surface area contributed by atoms with E-state index < -0.39 is 5.79 Å².